The molecule has 1 atom stereocenters. The maximum absolute atomic E-state index is 7.49. The molecule has 6 nitrogen and oxygen atoms in total. The maximum Gasteiger partial charge on any atom is 0.127 e. The molecule has 0 aliphatic carbocycles. The summed E-state index contributed by atoms with van der Waals surface area (Å²) in [5.74, 6) is 0.774. The summed E-state index contributed by atoms with van der Waals surface area (Å²) in [5, 5.41) is 10.9. The van der Waals surface area contributed by atoms with Gasteiger partial charge in [0.25, 0.3) is 0 Å². The van der Waals surface area contributed by atoms with Crippen molar-refractivity contribution in [2.24, 2.45) is 0 Å². The third-order valence-corrected chi connectivity index (χ3v) is 4.37. The van der Waals surface area contributed by atoms with Crippen LogP contribution in [-0.4, -0.2) is 47.5 Å². The first kappa shape index (κ1) is 16.1. The maximum atomic E-state index is 7.49. The van der Waals surface area contributed by atoms with Gasteiger partial charge in [-0.05, 0) is 45.7 Å². The summed E-state index contributed by atoms with van der Waals surface area (Å²) in [6, 6.07) is 0. The predicted molar refractivity (Wildman–Crippen MR) is 90.3 cm³/mol. The van der Waals surface area contributed by atoms with Gasteiger partial charge >= 0.3 is 0 Å². The number of nitrogens with one attached hydrogen (secondary N) is 2. The van der Waals surface area contributed by atoms with Crippen LogP contribution in [0.4, 0.5) is 0 Å². The topological polar surface area (TPSA) is 74.1 Å². The Morgan fingerprint density at radius 3 is 3.00 bits per heavy atom. The Kier molecular flexibility index (Phi) is 5.03. The number of aryl methyl sites for hydroxylation is 1. The van der Waals surface area contributed by atoms with E-state index in [1.807, 2.05) is 6.92 Å². The van der Waals surface area contributed by atoms with Crippen LogP contribution in [0.5, 0.6) is 0 Å². The molecule has 0 saturated carbocycles. The normalized spacial score (nSPS) is 22.5. The highest BCUT2D eigenvalue weighted by molar-refractivity contribution is 5.82. The first-order valence-electron chi connectivity index (χ1n) is 8.31. The van der Waals surface area contributed by atoms with E-state index in [1.54, 1.807) is 6.08 Å². The lowest BCUT2D eigenvalue weighted by Crippen LogP contribution is -2.35. The summed E-state index contributed by atoms with van der Waals surface area (Å²) in [7, 11) is 2.11. The van der Waals surface area contributed by atoms with Crippen molar-refractivity contribution in [1.29, 1.82) is 5.41 Å². The third kappa shape index (κ3) is 3.76. The second kappa shape index (κ2) is 7.19. The van der Waals surface area contributed by atoms with Gasteiger partial charge in [0.15, 0.2) is 0 Å². The van der Waals surface area contributed by atoms with E-state index < -0.39 is 0 Å². The first-order valence-corrected chi connectivity index (χ1v) is 8.31. The summed E-state index contributed by atoms with van der Waals surface area (Å²) in [4.78, 5) is 11.6. The van der Waals surface area contributed by atoms with Crippen LogP contribution in [0.3, 0.4) is 0 Å². The Bertz CT molecular complexity index is 607. The molecular formula is C17H25N5O. The van der Waals surface area contributed by atoms with Gasteiger partial charge in [-0.25, -0.2) is 9.97 Å². The molecule has 0 spiro atoms. The van der Waals surface area contributed by atoms with Crippen molar-refractivity contribution >= 4 is 11.9 Å². The van der Waals surface area contributed by atoms with Gasteiger partial charge < -0.3 is 20.4 Å². The molecule has 23 heavy (non-hydrogen) atoms. The van der Waals surface area contributed by atoms with Gasteiger partial charge in [0.2, 0.25) is 0 Å². The van der Waals surface area contributed by atoms with Crippen molar-refractivity contribution in [3.05, 3.63) is 28.9 Å². The Morgan fingerprint density at radius 1 is 1.39 bits per heavy atom. The predicted octanol–water partition coefficient (Wildman–Crippen LogP) is 1.88. The van der Waals surface area contributed by atoms with Crippen LogP contribution in [0.2, 0.25) is 0 Å². The van der Waals surface area contributed by atoms with Crippen LogP contribution in [0.25, 0.3) is 5.70 Å². The highest BCUT2D eigenvalue weighted by Gasteiger charge is 2.23. The molecule has 124 valence electrons. The van der Waals surface area contributed by atoms with Crippen LogP contribution >= 0.6 is 0 Å². The van der Waals surface area contributed by atoms with Crippen LogP contribution in [0.15, 0.2) is 6.08 Å². The van der Waals surface area contributed by atoms with E-state index in [1.165, 1.54) is 18.2 Å². The van der Waals surface area contributed by atoms with Gasteiger partial charge in [-0.1, -0.05) is 0 Å². The minimum Gasteiger partial charge on any atom is -0.359 e. The zero-order chi connectivity index (χ0) is 16.2. The molecule has 3 rings (SSSR count). The van der Waals surface area contributed by atoms with Crippen LogP contribution in [0.1, 0.15) is 42.0 Å². The molecule has 1 fully saturated rings. The number of nitrogens with zero attached hydrogens (tertiary/aromatic N) is 3. The summed E-state index contributed by atoms with van der Waals surface area (Å²) in [6.07, 6.45) is 7.31. The molecule has 6 heteroatoms. The van der Waals surface area contributed by atoms with Gasteiger partial charge in [-0.2, -0.15) is 0 Å². The number of ether oxygens (including phenoxy) is 1. The number of allylic oxidation sites excluding steroid dienone is 1. The summed E-state index contributed by atoms with van der Waals surface area (Å²) < 4.78 is 5.79. The quantitative estimate of drug-likeness (QED) is 0.830. The van der Waals surface area contributed by atoms with Gasteiger partial charge in [-0.3, -0.25) is 0 Å². The van der Waals surface area contributed by atoms with E-state index in [4.69, 9.17) is 10.1 Å². The molecule has 0 bridgehead atoms. The fraction of sp³-hybridized carbons (Fsp3) is 0.588. The van der Waals surface area contributed by atoms with E-state index in [2.05, 4.69) is 27.2 Å². The second-order valence-corrected chi connectivity index (χ2v) is 6.28. The molecule has 1 aromatic rings. The molecule has 2 N–H and O–H groups in total. The molecule has 0 aromatic carbocycles. The SMILES string of the molecule is Cc1nc2c(c(/C(=C/C=N)NC3CCCCO3)n1)CCN(C)C2. The molecular weight excluding hydrogens is 290 g/mol. The van der Waals surface area contributed by atoms with Crippen molar-refractivity contribution in [3.63, 3.8) is 0 Å². The average Bonchev–Trinajstić information content (AvgIpc) is 2.54. The average molecular weight is 315 g/mol. The molecule has 2 aliphatic rings. The van der Waals surface area contributed by atoms with E-state index in [0.717, 1.165) is 61.9 Å². The standard InChI is InChI=1S/C17H25N5O/c1-12-19-15-11-22(2)9-7-13(15)17(20-12)14(6-8-18)21-16-5-3-4-10-23-16/h6,8,16,18,21H,3-5,7,9-11H2,1-2H3/b14-6-,18-8?. The zero-order valence-corrected chi connectivity index (χ0v) is 13.9. The number of hydrogen-bond donors (Lipinski definition) is 2. The number of rotatable bonds is 4. The third-order valence-electron chi connectivity index (χ3n) is 4.37. The number of aromatic nitrogens is 2. The van der Waals surface area contributed by atoms with Crippen molar-refractivity contribution < 1.29 is 4.74 Å². The van der Waals surface area contributed by atoms with E-state index in [9.17, 15) is 0 Å². The molecule has 2 aliphatic heterocycles. The fourth-order valence-electron chi connectivity index (χ4n) is 3.21. The minimum atomic E-state index is 0.00661. The smallest absolute Gasteiger partial charge is 0.127 e. The Labute approximate surface area is 137 Å². The highest BCUT2D eigenvalue weighted by atomic mass is 16.5. The second-order valence-electron chi connectivity index (χ2n) is 6.28. The molecule has 1 saturated heterocycles. The number of hydrogen-bond acceptors (Lipinski definition) is 6. The Morgan fingerprint density at radius 2 is 2.26 bits per heavy atom. The minimum absolute atomic E-state index is 0.00661. The molecule has 0 amide bonds. The monoisotopic (exact) mass is 315 g/mol. The summed E-state index contributed by atoms with van der Waals surface area (Å²) in [6.45, 7) is 4.58. The Balaban J connectivity index is 1.93. The largest absolute Gasteiger partial charge is 0.359 e. The molecule has 1 unspecified atom stereocenters. The molecule has 0 radical (unpaired) electrons. The van der Waals surface area contributed by atoms with E-state index in [-0.39, 0.29) is 6.23 Å². The lowest BCUT2D eigenvalue weighted by atomic mass is 10.0. The van der Waals surface area contributed by atoms with E-state index in [0.29, 0.717) is 0 Å². The van der Waals surface area contributed by atoms with Gasteiger partial charge in [-0.15, -0.1) is 0 Å². The lowest BCUT2D eigenvalue weighted by Gasteiger charge is -2.29. The van der Waals surface area contributed by atoms with Gasteiger partial charge in [0.1, 0.15) is 12.1 Å². The van der Waals surface area contributed by atoms with Crippen molar-refractivity contribution in [3.8, 4) is 0 Å². The molecule has 3 heterocycles. The summed E-state index contributed by atoms with van der Waals surface area (Å²) >= 11 is 0. The first-order chi connectivity index (χ1) is 11.2. The number of fused-ring (bicyclic) bond motifs is 1. The van der Waals surface area contributed by atoms with Crippen LogP contribution in [-0.2, 0) is 17.7 Å². The van der Waals surface area contributed by atoms with Gasteiger partial charge in [0.05, 0.1) is 17.1 Å². The van der Waals surface area contributed by atoms with Crippen LogP contribution < -0.4 is 5.32 Å². The van der Waals surface area contributed by atoms with Crippen molar-refractivity contribution in [2.75, 3.05) is 20.2 Å². The van der Waals surface area contributed by atoms with Gasteiger partial charge in [0, 0.05) is 31.5 Å². The fourth-order valence-corrected chi connectivity index (χ4v) is 3.21. The Hall–Kier alpha value is -1.79. The van der Waals surface area contributed by atoms with Crippen LogP contribution in [0, 0.1) is 12.3 Å². The summed E-state index contributed by atoms with van der Waals surface area (Å²) in [5.41, 5.74) is 4.10. The van der Waals surface area contributed by atoms with Crippen molar-refractivity contribution in [2.45, 2.75) is 45.4 Å². The lowest BCUT2D eigenvalue weighted by molar-refractivity contribution is 0.00526. The zero-order valence-electron chi connectivity index (χ0n) is 13.9. The number of likely N-dealkylation sites (N-methyl/N-ethyl adjacent to an activating group) is 1. The van der Waals surface area contributed by atoms with E-state index >= 15 is 0 Å². The van der Waals surface area contributed by atoms with Crippen molar-refractivity contribution in [1.82, 2.24) is 20.2 Å². The molecule has 1 aromatic heterocycles. The highest BCUT2D eigenvalue weighted by Crippen LogP contribution is 2.24.